The number of hydrogen-bond acceptors (Lipinski definition) is 5. The maximum Gasteiger partial charge on any atom is 0.230 e. The van der Waals surface area contributed by atoms with E-state index >= 15 is 0 Å². The number of carbonyl (C=O) groups excluding carboxylic acids is 1. The molecule has 142 valence electrons. The highest BCUT2D eigenvalue weighted by molar-refractivity contribution is 7.99. The van der Waals surface area contributed by atoms with Crippen LogP contribution >= 0.6 is 11.8 Å². The Bertz CT molecular complexity index is 870. The van der Waals surface area contributed by atoms with Crippen molar-refractivity contribution in [3.05, 3.63) is 53.8 Å². The van der Waals surface area contributed by atoms with Gasteiger partial charge in [-0.05, 0) is 30.5 Å². The SMILES string of the molecule is Cc1ccc(CNC(=O)CSc2nnc(-c3ccco3)n2CC(C)C)cc1. The van der Waals surface area contributed by atoms with E-state index in [9.17, 15) is 4.79 Å². The summed E-state index contributed by atoms with van der Waals surface area (Å²) in [5, 5.41) is 12.2. The summed E-state index contributed by atoms with van der Waals surface area (Å²) in [7, 11) is 0. The van der Waals surface area contributed by atoms with Crippen LogP contribution in [0.4, 0.5) is 0 Å². The number of hydrogen-bond donors (Lipinski definition) is 1. The molecular formula is C20H24N4O2S. The summed E-state index contributed by atoms with van der Waals surface area (Å²) in [6, 6.07) is 11.8. The van der Waals surface area contributed by atoms with Gasteiger partial charge in [-0.1, -0.05) is 55.4 Å². The predicted molar refractivity (Wildman–Crippen MR) is 106 cm³/mol. The van der Waals surface area contributed by atoms with Crippen LogP contribution in [0.3, 0.4) is 0 Å². The summed E-state index contributed by atoms with van der Waals surface area (Å²) < 4.78 is 7.48. The van der Waals surface area contributed by atoms with Crippen molar-refractivity contribution in [1.29, 1.82) is 0 Å². The van der Waals surface area contributed by atoms with E-state index in [0.29, 0.717) is 29.8 Å². The molecule has 2 aromatic heterocycles. The molecule has 0 aliphatic rings. The van der Waals surface area contributed by atoms with Gasteiger partial charge in [0.2, 0.25) is 5.91 Å². The maximum atomic E-state index is 12.2. The molecule has 3 aromatic rings. The van der Waals surface area contributed by atoms with Crippen LogP contribution in [0.2, 0.25) is 0 Å². The molecule has 0 bridgehead atoms. The van der Waals surface area contributed by atoms with Crippen molar-refractivity contribution < 1.29 is 9.21 Å². The van der Waals surface area contributed by atoms with Gasteiger partial charge in [0.05, 0.1) is 12.0 Å². The van der Waals surface area contributed by atoms with E-state index in [2.05, 4.69) is 29.4 Å². The Morgan fingerprint density at radius 2 is 2.00 bits per heavy atom. The third-order valence-electron chi connectivity index (χ3n) is 3.95. The van der Waals surface area contributed by atoms with Gasteiger partial charge < -0.3 is 9.73 Å². The average Bonchev–Trinajstić information content (AvgIpc) is 3.29. The lowest BCUT2D eigenvalue weighted by Gasteiger charge is -2.11. The zero-order chi connectivity index (χ0) is 19.2. The fourth-order valence-electron chi connectivity index (χ4n) is 2.60. The van der Waals surface area contributed by atoms with E-state index in [-0.39, 0.29) is 5.91 Å². The molecule has 0 atom stereocenters. The van der Waals surface area contributed by atoms with E-state index in [1.807, 2.05) is 47.9 Å². The molecule has 0 fully saturated rings. The van der Waals surface area contributed by atoms with Crippen LogP contribution in [0.5, 0.6) is 0 Å². The second-order valence-corrected chi connectivity index (χ2v) is 7.78. The summed E-state index contributed by atoms with van der Waals surface area (Å²) in [5.74, 6) is 2.05. The fraction of sp³-hybridized carbons (Fsp3) is 0.350. The molecule has 0 aliphatic heterocycles. The molecule has 0 radical (unpaired) electrons. The third-order valence-corrected chi connectivity index (χ3v) is 4.92. The van der Waals surface area contributed by atoms with Gasteiger partial charge in [-0.15, -0.1) is 10.2 Å². The van der Waals surface area contributed by atoms with Gasteiger partial charge in [0.25, 0.3) is 0 Å². The Labute approximate surface area is 163 Å². The Hall–Kier alpha value is -2.54. The second-order valence-electron chi connectivity index (χ2n) is 6.84. The number of amides is 1. The number of rotatable bonds is 8. The van der Waals surface area contributed by atoms with Crippen molar-refractivity contribution in [1.82, 2.24) is 20.1 Å². The lowest BCUT2D eigenvalue weighted by atomic mass is 10.1. The van der Waals surface area contributed by atoms with E-state index in [1.165, 1.54) is 17.3 Å². The number of thioether (sulfide) groups is 1. The van der Waals surface area contributed by atoms with Crippen molar-refractivity contribution in [2.45, 2.75) is 39.0 Å². The van der Waals surface area contributed by atoms with E-state index < -0.39 is 0 Å². The number of aromatic nitrogens is 3. The number of carbonyl (C=O) groups is 1. The minimum absolute atomic E-state index is 0.0285. The summed E-state index contributed by atoms with van der Waals surface area (Å²) in [6.45, 7) is 7.60. The monoisotopic (exact) mass is 384 g/mol. The average molecular weight is 385 g/mol. The molecule has 6 nitrogen and oxygen atoms in total. The van der Waals surface area contributed by atoms with Gasteiger partial charge in [0.1, 0.15) is 0 Å². The first kappa shape index (κ1) is 19.2. The molecule has 1 aromatic carbocycles. The fourth-order valence-corrected chi connectivity index (χ4v) is 3.38. The van der Waals surface area contributed by atoms with Crippen LogP contribution in [0, 0.1) is 12.8 Å². The summed E-state index contributed by atoms with van der Waals surface area (Å²) in [4.78, 5) is 12.2. The third kappa shape index (κ3) is 5.23. The zero-order valence-corrected chi connectivity index (χ0v) is 16.6. The maximum absolute atomic E-state index is 12.2. The van der Waals surface area contributed by atoms with Gasteiger partial charge in [0, 0.05) is 13.1 Å². The van der Waals surface area contributed by atoms with Crippen LogP contribution < -0.4 is 5.32 Å². The van der Waals surface area contributed by atoms with Crippen molar-refractivity contribution in [3.63, 3.8) is 0 Å². The molecule has 3 rings (SSSR count). The van der Waals surface area contributed by atoms with Crippen molar-refractivity contribution >= 4 is 17.7 Å². The molecule has 7 heteroatoms. The molecule has 0 aliphatic carbocycles. The Morgan fingerprint density at radius 3 is 2.67 bits per heavy atom. The lowest BCUT2D eigenvalue weighted by molar-refractivity contribution is -0.118. The van der Waals surface area contributed by atoms with Crippen LogP contribution in [0.1, 0.15) is 25.0 Å². The van der Waals surface area contributed by atoms with Crippen molar-refractivity contribution in [2.24, 2.45) is 5.92 Å². The summed E-state index contributed by atoms with van der Waals surface area (Å²) in [6.07, 6.45) is 1.62. The van der Waals surface area contributed by atoms with Crippen molar-refractivity contribution in [2.75, 3.05) is 5.75 Å². The molecule has 0 spiro atoms. The minimum Gasteiger partial charge on any atom is -0.461 e. The molecule has 1 amide bonds. The first-order valence-corrected chi connectivity index (χ1v) is 9.93. The first-order valence-electron chi connectivity index (χ1n) is 8.95. The molecule has 1 N–H and O–H groups in total. The van der Waals surface area contributed by atoms with Crippen LogP contribution in [-0.2, 0) is 17.9 Å². The molecule has 0 saturated carbocycles. The summed E-state index contributed by atoms with van der Waals surface area (Å²) in [5.41, 5.74) is 2.29. The normalized spacial score (nSPS) is 11.1. The Kier molecular flexibility index (Phi) is 6.34. The number of nitrogens with zero attached hydrogens (tertiary/aromatic N) is 3. The number of nitrogens with one attached hydrogen (secondary N) is 1. The second kappa shape index (κ2) is 8.90. The van der Waals surface area contributed by atoms with E-state index in [0.717, 1.165) is 17.3 Å². The quantitative estimate of drug-likeness (QED) is 0.596. The highest BCUT2D eigenvalue weighted by Gasteiger charge is 2.18. The largest absolute Gasteiger partial charge is 0.461 e. The molecule has 0 unspecified atom stereocenters. The summed E-state index contributed by atoms with van der Waals surface area (Å²) >= 11 is 1.39. The van der Waals surface area contributed by atoms with Crippen LogP contribution in [0.25, 0.3) is 11.6 Å². The first-order chi connectivity index (χ1) is 13.0. The number of benzene rings is 1. The van der Waals surface area contributed by atoms with Gasteiger partial charge in [-0.2, -0.15) is 0 Å². The highest BCUT2D eigenvalue weighted by Crippen LogP contribution is 2.25. The molecular weight excluding hydrogens is 360 g/mol. The van der Waals surface area contributed by atoms with E-state index in [1.54, 1.807) is 6.26 Å². The van der Waals surface area contributed by atoms with Gasteiger partial charge in [-0.3, -0.25) is 9.36 Å². The minimum atomic E-state index is -0.0285. The van der Waals surface area contributed by atoms with E-state index in [4.69, 9.17) is 4.42 Å². The predicted octanol–water partition coefficient (Wildman–Crippen LogP) is 3.91. The lowest BCUT2D eigenvalue weighted by Crippen LogP contribution is -2.24. The number of furan rings is 1. The smallest absolute Gasteiger partial charge is 0.230 e. The molecule has 2 heterocycles. The van der Waals surface area contributed by atoms with Gasteiger partial charge in [0.15, 0.2) is 16.7 Å². The molecule has 0 saturated heterocycles. The van der Waals surface area contributed by atoms with Gasteiger partial charge >= 0.3 is 0 Å². The standard InChI is InChI=1S/C20H24N4O2S/c1-14(2)12-24-19(17-5-4-10-26-17)22-23-20(24)27-13-18(25)21-11-16-8-6-15(3)7-9-16/h4-10,14H,11-13H2,1-3H3,(H,21,25). The highest BCUT2D eigenvalue weighted by atomic mass is 32.2. The number of aryl methyl sites for hydroxylation is 1. The van der Waals surface area contributed by atoms with Gasteiger partial charge in [-0.25, -0.2) is 0 Å². The van der Waals surface area contributed by atoms with Crippen LogP contribution in [0.15, 0.2) is 52.2 Å². The zero-order valence-electron chi connectivity index (χ0n) is 15.8. The topological polar surface area (TPSA) is 73.0 Å². The van der Waals surface area contributed by atoms with Crippen molar-refractivity contribution in [3.8, 4) is 11.6 Å². The Balaban J connectivity index is 1.61. The Morgan fingerprint density at radius 1 is 1.22 bits per heavy atom. The van der Waals surface area contributed by atoms with Crippen LogP contribution in [-0.4, -0.2) is 26.4 Å². The molecule has 27 heavy (non-hydrogen) atoms.